The van der Waals surface area contributed by atoms with Crippen molar-refractivity contribution in [1.29, 1.82) is 0 Å². The molecule has 0 bridgehead atoms. The normalized spacial score (nSPS) is 10.6. The fourth-order valence-electron chi connectivity index (χ4n) is 1.29. The number of nitrogen functional groups attached to an aromatic ring is 1. The van der Waals surface area contributed by atoms with Crippen molar-refractivity contribution >= 4 is 28.3 Å². The molecule has 0 saturated carbocycles. The van der Waals surface area contributed by atoms with Crippen LogP contribution in [0.1, 0.15) is 13.8 Å². The third-order valence-electron chi connectivity index (χ3n) is 2.23. The molecule has 0 aliphatic rings. The molecule has 0 aromatic carbocycles. The van der Waals surface area contributed by atoms with Gasteiger partial charge < -0.3 is 20.3 Å². The molecule has 7 heteroatoms. The van der Waals surface area contributed by atoms with Crippen LogP contribution < -0.4 is 15.4 Å². The summed E-state index contributed by atoms with van der Waals surface area (Å²) in [5, 5.41) is 0.774. The number of nitrogens with zero attached hydrogens (tertiary/aromatic N) is 3. The third-order valence-corrected chi connectivity index (χ3v) is 3.19. The summed E-state index contributed by atoms with van der Waals surface area (Å²) < 4.78 is 9.71. The van der Waals surface area contributed by atoms with Crippen molar-refractivity contribution < 1.29 is 9.53 Å². The van der Waals surface area contributed by atoms with Gasteiger partial charge in [0.05, 0.1) is 12.6 Å². The van der Waals surface area contributed by atoms with Crippen LogP contribution in [0.2, 0.25) is 0 Å². The number of hydrogen-bond donors (Lipinski definition) is 1. The zero-order chi connectivity index (χ0) is 13.9. The Bertz CT molecular complexity index is 417. The SMILES string of the molecule is CC(C)Oc1c(N)nsc1N(C)CC(=O)N(C)C. The molecule has 0 unspecified atom stereocenters. The summed E-state index contributed by atoms with van der Waals surface area (Å²) in [7, 11) is 5.27. The number of rotatable bonds is 5. The predicted molar refractivity (Wildman–Crippen MR) is 74.3 cm³/mol. The molecule has 1 amide bonds. The Kier molecular flexibility index (Phi) is 4.77. The third kappa shape index (κ3) is 3.49. The van der Waals surface area contributed by atoms with Crippen molar-refractivity contribution in [1.82, 2.24) is 9.27 Å². The molecule has 18 heavy (non-hydrogen) atoms. The van der Waals surface area contributed by atoms with Gasteiger partial charge in [0.1, 0.15) is 0 Å². The van der Waals surface area contributed by atoms with E-state index in [1.807, 2.05) is 20.9 Å². The van der Waals surface area contributed by atoms with Crippen molar-refractivity contribution in [2.24, 2.45) is 0 Å². The Morgan fingerprint density at radius 2 is 2.06 bits per heavy atom. The highest BCUT2D eigenvalue weighted by Crippen LogP contribution is 2.38. The molecular formula is C11H20N4O2S. The number of amides is 1. The van der Waals surface area contributed by atoms with Gasteiger partial charge in [0.2, 0.25) is 5.91 Å². The Hall–Kier alpha value is -1.50. The molecular weight excluding hydrogens is 252 g/mol. The Morgan fingerprint density at radius 3 is 2.56 bits per heavy atom. The molecule has 0 spiro atoms. The summed E-state index contributed by atoms with van der Waals surface area (Å²) >= 11 is 1.24. The lowest BCUT2D eigenvalue weighted by Crippen LogP contribution is -2.34. The summed E-state index contributed by atoms with van der Waals surface area (Å²) in [6, 6.07) is 0. The van der Waals surface area contributed by atoms with Crippen LogP contribution in [0.5, 0.6) is 5.75 Å². The molecule has 0 aliphatic heterocycles. The van der Waals surface area contributed by atoms with Crippen LogP contribution in [0.15, 0.2) is 0 Å². The lowest BCUT2D eigenvalue weighted by atomic mass is 10.4. The number of carbonyl (C=O) groups excluding carboxylic acids is 1. The van der Waals surface area contributed by atoms with E-state index in [4.69, 9.17) is 10.5 Å². The van der Waals surface area contributed by atoms with Crippen molar-refractivity contribution in [3.05, 3.63) is 0 Å². The second-order valence-electron chi connectivity index (χ2n) is 4.51. The molecule has 0 radical (unpaired) electrons. The molecule has 0 aliphatic carbocycles. The Labute approximate surface area is 111 Å². The first-order chi connectivity index (χ1) is 8.32. The molecule has 1 rings (SSSR count). The van der Waals surface area contributed by atoms with Gasteiger partial charge in [-0.3, -0.25) is 4.79 Å². The minimum absolute atomic E-state index is 0.0139. The molecule has 0 atom stereocenters. The molecule has 0 saturated heterocycles. The van der Waals surface area contributed by atoms with E-state index in [2.05, 4.69) is 4.37 Å². The first kappa shape index (κ1) is 14.6. The first-order valence-electron chi connectivity index (χ1n) is 5.66. The average Bonchev–Trinajstić information content (AvgIpc) is 2.59. The maximum absolute atomic E-state index is 11.7. The minimum atomic E-state index is 0.0139. The minimum Gasteiger partial charge on any atom is -0.484 e. The van der Waals surface area contributed by atoms with Crippen molar-refractivity contribution in [3.8, 4) is 5.75 Å². The Morgan fingerprint density at radius 1 is 1.44 bits per heavy atom. The van der Waals surface area contributed by atoms with Crippen LogP contribution in [0.25, 0.3) is 0 Å². The van der Waals surface area contributed by atoms with E-state index >= 15 is 0 Å². The number of likely N-dealkylation sites (N-methyl/N-ethyl adjacent to an activating group) is 2. The standard InChI is InChI=1S/C11H20N4O2S/c1-7(2)17-9-10(12)13-18-11(9)15(5)6-8(16)14(3)4/h7H,6H2,1-5H3,(H2,12,13). The van der Waals surface area contributed by atoms with Crippen molar-refractivity contribution in [2.75, 3.05) is 38.3 Å². The molecule has 1 heterocycles. The van der Waals surface area contributed by atoms with Crippen LogP contribution in [0.3, 0.4) is 0 Å². The average molecular weight is 272 g/mol. The van der Waals surface area contributed by atoms with Crippen molar-refractivity contribution in [3.63, 3.8) is 0 Å². The maximum atomic E-state index is 11.7. The first-order valence-corrected chi connectivity index (χ1v) is 6.43. The van der Waals surface area contributed by atoms with Gasteiger partial charge in [-0.25, -0.2) is 0 Å². The summed E-state index contributed by atoms with van der Waals surface area (Å²) in [5.74, 6) is 0.942. The number of nitrogens with two attached hydrogens (primary N) is 1. The highest BCUT2D eigenvalue weighted by atomic mass is 32.1. The topological polar surface area (TPSA) is 71.7 Å². The zero-order valence-corrected chi connectivity index (χ0v) is 12.2. The Balaban J connectivity index is 2.85. The second kappa shape index (κ2) is 5.90. The van der Waals surface area contributed by atoms with E-state index in [0.29, 0.717) is 11.6 Å². The molecule has 0 fully saturated rings. The van der Waals surface area contributed by atoms with Crippen LogP contribution in [0.4, 0.5) is 10.8 Å². The fraction of sp³-hybridized carbons (Fsp3) is 0.636. The van der Waals surface area contributed by atoms with Gasteiger partial charge in [-0.1, -0.05) is 0 Å². The van der Waals surface area contributed by atoms with Crippen molar-refractivity contribution in [2.45, 2.75) is 20.0 Å². The molecule has 1 aromatic heterocycles. The lowest BCUT2D eigenvalue weighted by Gasteiger charge is -2.21. The summed E-state index contributed by atoms with van der Waals surface area (Å²) in [6.45, 7) is 4.11. The van der Waals surface area contributed by atoms with Gasteiger partial charge in [-0.15, -0.1) is 0 Å². The van der Waals surface area contributed by atoms with E-state index in [9.17, 15) is 4.79 Å². The van der Waals surface area contributed by atoms with Crippen LogP contribution in [-0.2, 0) is 4.79 Å². The molecule has 6 nitrogen and oxygen atoms in total. The highest BCUT2D eigenvalue weighted by molar-refractivity contribution is 7.11. The van der Waals surface area contributed by atoms with E-state index in [0.717, 1.165) is 5.00 Å². The van der Waals surface area contributed by atoms with Gasteiger partial charge >= 0.3 is 0 Å². The van der Waals surface area contributed by atoms with E-state index in [-0.39, 0.29) is 18.6 Å². The van der Waals surface area contributed by atoms with Gasteiger partial charge in [0.15, 0.2) is 16.6 Å². The monoisotopic (exact) mass is 272 g/mol. The molecule has 2 N–H and O–H groups in total. The fourth-order valence-corrected chi connectivity index (χ4v) is 2.00. The quantitative estimate of drug-likeness (QED) is 0.867. The number of ether oxygens (including phenoxy) is 1. The molecule has 1 aromatic rings. The predicted octanol–water partition coefficient (Wildman–Crippen LogP) is 1.04. The second-order valence-corrected chi connectivity index (χ2v) is 5.26. The maximum Gasteiger partial charge on any atom is 0.241 e. The van der Waals surface area contributed by atoms with E-state index in [1.54, 1.807) is 23.9 Å². The summed E-state index contributed by atoms with van der Waals surface area (Å²) in [6.07, 6.45) is 0.0143. The van der Waals surface area contributed by atoms with Crippen LogP contribution in [0, 0.1) is 0 Å². The lowest BCUT2D eigenvalue weighted by molar-refractivity contribution is -0.127. The smallest absolute Gasteiger partial charge is 0.241 e. The number of carbonyl (C=O) groups is 1. The largest absolute Gasteiger partial charge is 0.484 e. The van der Waals surface area contributed by atoms with Gasteiger partial charge in [-0.2, -0.15) is 4.37 Å². The number of anilines is 2. The van der Waals surface area contributed by atoms with Gasteiger partial charge in [0, 0.05) is 21.1 Å². The highest BCUT2D eigenvalue weighted by Gasteiger charge is 2.20. The summed E-state index contributed by atoms with van der Waals surface area (Å²) in [4.78, 5) is 15.0. The van der Waals surface area contributed by atoms with E-state index in [1.165, 1.54) is 11.5 Å². The van der Waals surface area contributed by atoms with Gasteiger partial charge in [0.25, 0.3) is 0 Å². The van der Waals surface area contributed by atoms with Gasteiger partial charge in [-0.05, 0) is 25.4 Å². The molecule has 102 valence electrons. The number of hydrogen-bond acceptors (Lipinski definition) is 6. The summed E-state index contributed by atoms with van der Waals surface area (Å²) in [5.41, 5.74) is 5.77. The van der Waals surface area contributed by atoms with Crippen LogP contribution >= 0.6 is 11.5 Å². The van der Waals surface area contributed by atoms with E-state index < -0.39 is 0 Å². The van der Waals surface area contributed by atoms with Crippen LogP contribution in [-0.4, -0.2) is 49.0 Å². The number of aromatic nitrogens is 1. The zero-order valence-electron chi connectivity index (χ0n) is 11.4.